The Hall–Kier alpha value is -1.81. The summed E-state index contributed by atoms with van der Waals surface area (Å²) in [6.45, 7) is 5.35. The summed E-state index contributed by atoms with van der Waals surface area (Å²) in [5.41, 5.74) is 2.96. The number of aryl methyl sites for hydroxylation is 2. The highest BCUT2D eigenvalue weighted by molar-refractivity contribution is 5.36. The molecular weight excluding hydrogens is 228 g/mol. The minimum absolute atomic E-state index is 0.00870. The fourth-order valence-electron chi connectivity index (χ4n) is 1.79. The van der Waals surface area contributed by atoms with Crippen LogP contribution in [0.3, 0.4) is 0 Å². The van der Waals surface area contributed by atoms with E-state index in [1.54, 1.807) is 6.20 Å². The molecule has 1 heterocycles. The Bertz CT molecular complexity index is 520. The van der Waals surface area contributed by atoms with E-state index in [1.807, 2.05) is 42.9 Å². The highest BCUT2D eigenvalue weighted by atomic mass is 16.5. The van der Waals surface area contributed by atoms with Gasteiger partial charge in [-0.25, -0.2) is 0 Å². The summed E-state index contributed by atoms with van der Waals surface area (Å²) in [6.07, 6.45) is 3.77. The van der Waals surface area contributed by atoms with Crippen LogP contribution in [0, 0.1) is 6.92 Å². The maximum Gasteiger partial charge on any atom is 0.125 e. The molecule has 0 amide bonds. The second-order valence-corrected chi connectivity index (χ2v) is 4.26. The van der Waals surface area contributed by atoms with Crippen molar-refractivity contribution in [2.45, 2.75) is 33.6 Å². The van der Waals surface area contributed by atoms with Crippen molar-refractivity contribution in [1.29, 1.82) is 0 Å². The number of ether oxygens (including phenoxy) is 1. The van der Waals surface area contributed by atoms with Crippen LogP contribution in [0.2, 0.25) is 0 Å². The average Bonchev–Trinajstić information content (AvgIpc) is 2.85. The summed E-state index contributed by atoms with van der Waals surface area (Å²) >= 11 is 0. The topological polar surface area (TPSA) is 47.3 Å². The van der Waals surface area contributed by atoms with E-state index >= 15 is 0 Å². The Balaban J connectivity index is 2.05. The van der Waals surface area contributed by atoms with Gasteiger partial charge in [0.25, 0.3) is 0 Å². The van der Waals surface area contributed by atoms with Gasteiger partial charge in [0.1, 0.15) is 12.4 Å². The van der Waals surface area contributed by atoms with Crippen molar-refractivity contribution in [2.75, 3.05) is 0 Å². The molecule has 0 aliphatic heterocycles. The van der Waals surface area contributed by atoms with Crippen LogP contribution >= 0.6 is 0 Å². The van der Waals surface area contributed by atoms with Crippen LogP contribution in [-0.2, 0) is 19.8 Å². The molecule has 2 aromatic rings. The molecule has 18 heavy (non-hydrogen) atoms. The molecule has 0 radical (unpaired) electrons. The molecule has 0 saturated carbocycles. The van der Waals surface area contributed by atoms with Crippen molar-refractivity contribution < 1.29 is 9.84 Å². The van der Waals surface area contributed by atoms with Gasteiger partial charge in [-0.05, 0) is 19.9 Å². The molecule has 1 aromatic heterocycles. The van der Waals surface area contributed by atoms with Crippen molar-refractivity contribution in [3.63, 3.8) is 0 Å². The number of aliphatic hydroxyl groups excluding tert-OH is 1. The lowest BCUT2D eigenvalue weighted by molar-refractivity contribution is 0.259. The largest absolute Gasteiger partial charge is 0.488 e. The van der Waals surface area contributed by atoms with Crippen LogP contribution in [0.25, 0.3) is 0 Å². The number of benzene rings is 1. The molecule has 0 aliphatic rings. The Kier molecular flexibility index (Phi) is 3.99. The zero-order chi connectivity index (χ0) is 13.0. The van der Waals surface area contributed by atoms with E-state index < -0.39 is 0 Å². The van der Waals surface area contributed by atoms with Gasteiger partial charge in [0, 0.05) is 23.9 Å². The van der Waals surface area contributed by atoms with Gasteiger partial charge in [-0.15, -0.1) is 0 Å². The zero-order valence-electron chi connectivity index (χ0n) is 10.8. The standard InChI is InChI=1S/C14H18N2O2/c1-3-16-8-12(7-15-16)10-18-14-5-4-11(2)6-13(14)9-17/h4-8,17H,3,9-10H2,1-2H3. The maximum atomic E-state index is 9.29. The first-order valence-corrected chi connectivity index (χ1v) is 6.07. The van der Waals surface area contributed by atoms with E-state index in [9.17, 15) is 5.11 Å². The van der Waals surface area contributed by atoms with Crippen LogP contribution in [-0.4, -0.2) is 14.9 Å². The lowest BCUT2D eigenvalue weighted by atomic mass is 10.1. The van der Waals surface area contributed by atoms with Gasteiger partial charge in [-0.3, -0.25) is 4.68 Å². The minimum atomic E-state index is -0.00870. The predicted molar refractivity (Wildman–Crippen MR) is 69.3 cm³/mol. The van der Waals surface area contributed by atoms with E-state index in [0.29, 0.717) is 6.61 Å². The Morgan fingerprint density at radius 1 is 1.39 bits per heavy atom. The highest BCUT2D eigenvalue weighted by Crippen LogP contribution is 2.21. The first-order valence-electron chi connectivity index (χ1n) is 6.07. The molecule has 0 fully saturated rings. The van der Waals surface area contributed by atoms with E-state index in [1.165, 1.54) is 0 Å². The third-order valence-electron chi connectivity index (χ3n) is 2.79. The summed E-state index contributed by atoms with van der Waals surface area (Å²) in [5.74, 6) is 0.729. The van der Waals surface area contributed by atoms with Crippen LogP contribution in [0.4, 0.5) is 0 Å². The monoisotopic (exact) mass is 246 g/mol. The molecule has 0 spiro atoms. The lowest BCUT2D eigenvalue weighted by Crippen LogP contribution is -1.98. The molecule has 96 valence electrons. The number of aliphatic hydroxyl groups is 1. The SMILES string of the molecule is CCn1cc(COc2ccc(C)cc2CO)cn1. The minimum Gasteiger partial charge on any atom is -0.488 e. The first-order chi connectivity index (χ1) is 8.72. The number of rotatable bonds is 5. The molecule has 0 saturated heterocycles. The molecular formula is C14H18N2O2. The number of aromatic nitrogens is 2. The molecule has 1 aromatic carbocycles. The molecule has 1 N–H and O–H groups in total. The van der Waals surface area contributed by atoms with Crippen molar-refractivity contribution in [2.24, 2.45) is 0 Å². The molecule has 2 rings (SSSR count). The van der Waals surface area contributed by atoms with Gasteiger partial charge in [0.05, 0.1) is 12.8 Å². The molecule has 0 aliphatic carbocycles. The summed E-state index contributed by atoms with van der Waals surface area (Å²) < 4.78 is 7.58. The van der Waals surface area contributed by atoms with Gasteiger partial charge in [-0.2, -0.15) is 5.10 Å². The molecule has 4 nitrogen and oxygen atoms in total. The normalized spacial score (nSPS) is 10.6. The van der Waals surface area contributed by atoms with Crippen LogP contribution in [0.15, 0.2) is 30.6 Å². The van der Waals surface area contributed by atoms with Crippen LogP contribution < -0.4 is 4.74 Å². The summed E-state index contributed by atoms with van der Waals surface area (Å²) in [6, 6.07) is 5.81. The average molecular weight is 246 g/mol. The summed E-state index contributed by atoms with van der Waals surface area (Å²) in [7, 11) is 0. The van der Waals surface area contributed by atoms with E-state index in [2.05, 4.69) is 5.10 Å². The molecule has 0 unspecified atom stereocenters. The fourth-order valence-corrected chi connectivity index (χ4v) is 1.79. The van der Waals surface area contributed by atoms with Gasteiger partial charge in [0.2, 0.25) is 0 Å². The van der Waals surface area contributed by atoms with Crippen molar-refractivity contribution >= 4 is 0 Å². The maximum absolute atomic E-state index is 9.29. The van der Waals surface area contributed by atoms with Crippen LogP contribution in [0.5, 0.6) is 5.75 Å². The number of hydrogen-bond acceptors (Lipinski definition) is 3. The quantitative estimate of drug-likeness (QED) is 0.880. The first kappa shape index (κ1) is 12.6. The third-order valence-corrected chi connectivity index (χ3v) is 2.79. The predicted octanol–water partition coefficient (Wildman–Crippen LogP) is 2.28. The van der Waals surface area contributed by atoms with E-state index in [4.69, 9.17) is 4.74 Å². The molecule has 0 bridgehead atoms. The second kappa shape index (κ2) is 5.69. The third kappa shape index (κ3) is 2.90. The van der Waals surface area contributed by atoms with Gasteiger partial charge in [-0.1, -0.05) is 17.7 Å². The van der Waals surface area contributed by atoms with Gasteiger partial charge < -0.3 is 9.84 Å². The van der Waals surface area contributed by atoms with E-state index in [0.717, 1.165) is 29.0 Å². The van der Waals surface area contributed by atoms with Gasteiger partial charge >= 0.3 is 0 Å². The van der Waals surface area contributed by atoms with Crippen molar-refractivity contribution in [3.05, 3.63) is 47.3 Å². The van der Waals surface area contributed by atoms with Gasteiger partial charge in [0.15, 0.2) is 0 Å². The molecule has 0 atom stereocenters. The lowest BCUT2D eigenvalue weighted by Gasteiger charge is -2.09. The fraction of sp³-hybridized carbons (Fsp3) is 0.357. The second-order valence-electron chi connectivity index (χ2n) is 4.26. The summed E-state index contributed by atoms with van der Waals surface area (Å²) in [4.78, 5) is 0. The van der Waals surface area contributed by atoms with Crippen molar-refractivity contribution in [3.8, 4) is 5.75 Å². The van der Waals surface area contributed by atoms with Crippen LogP contribution in [0.1, 0.15) is 23.6 Å². The Morgan fingerprint density at radius 3 is 2.89 bits per heavy atom. The smallest absolute Gasteiger partial charge is 0.125 e. The van der Waals surface area contributed by atoms with Crippen molar-refractivity contribution in [1.82, 2.24) is 9.78 Å². The molecule has 4 heteroatoms. The number of hydrogen-bond donors (Lipinski definition) is 1. The number of nitrogens with zero attached hydrogens (tertiary/aromatic N) is 2. The Labute approximate surface area is 107 Å². The zero-order valence-corrected chi connectivity index (χ0v) is 10.8. The highest BCUT2D eigenvalue weighted by Gasteiger charge is 2.04. The Morgan fingerprint density at radius 2 is 2.22 bits per heavy atom. The summed E-state index contributed by atoms with van der Waals surface area (Å²) in [5, 5.41) is 13.5. The van der Waals surface area contributed by atoms with E-state index in [-0.39, 0.29) is 6.61 Å².